The first-order valence-electron chi connectivity index (χ1n) is 9.75. The largest absolute Gasteiger partial charge is 0.326 e. The van der Waals surface area contributed by atoms with Gasteiger partial charge in [-0.1, -0.05) is 42.5 Å². The van der Waals surface area contributed by atoms with E-state index in [0.717, 1.165) is 11.1 Å². The molecule has 1 aliphatic rings. The van der Waals surface area contributed by atoms with Gasteiger partial charge in [0.05, 0.1) is 19.1 Å². The van der Waals surface area contributed by atoms with Crippen molar-refractivity contribution in [1.82, 2.24) is 19.7 Å². The van der Waals surface area contributed by atoms with Gasteiger partial charge in [0.25, 0.3) is 5.92 Å². The van der Waals surface area contributed by atoms with Crippen molar-refractivity contribution in [2.24, 2.45) is 0 Å². The molecule has 0 aliphatic carbocycles. The average molecular weight is 414 g/mol. The van der Waals surface area contributed by atoms with Crippen LogP contribution in [0.2, 0.25) is 0 Å². The summed E-state index contributed by atoms with van der Waals surface area (Å²) in [6.07, 6.45) is 1.58. The summed E-state index contributed by atoms with van der Waals surface area (Å²) in [6.45, 7) is -0.328. The molecule has 30 heavy (non-hydrogen) atoms. The van der Waals surface area contributed by atoms with E-state index in [-0.39, 0.29) is 18.1 Å². The number of hydrogen-bond acceptors (Lipinski definition) is 3. The van der Waals surface area contributed by atoms with Crippen molar-refractivity contribution < 1.29 is 18.0 Å². The normalized spacial score (nSPS) is 18.0. The summed E-state index contributed by atoms with van der Waals surface area (Å²) in [5.41, 5.74) is 1.76. The van der Waals surface area contributed by atoms with Gasteiger partial charge in [-0.05, 0) is 29.7 Å². The molecule has 1 aliphatic heterocycles. The highest BCUT2D eigenvalue weighted by Gasteiger charge is 2.49. The predicted octanol–water partition coefficient (Wildman–Crippen LogP) is 4.01. The summed E-state index contributed by atoms with van der Waals surface area (Å²) in [5, 5.41) is 7.91. The Balaban J connectivity index is 1.52. The number of hydrogen-bond donors (Lipinski definition) is 0. The molecule has 8 heteroatoms. The molecule has 1 aromatic heterocycles. The minimum atomic E-state index is -2.99. The van der Waals surface area contributed by atoms with Gasteiger partial charge in [0.15, 0.2) is 5.82 Å². The van der Waals surface area contributed by atoms with Crippen molar-refractivity contribution in [2.45, 2.75) is 37.8 Å². The maximum absolute atomic E-state index is 14.3. The molecule has 0 unspecified atom stereocenters. The molecule has 1 saturated heterocycles. The van der Waals surface area contributed by atoms with E-state index in [0.29, 0.717) is 18.8 Å². The van der Waals surface area contributed by atoms with Crippen molar-refractivity contribution >= 4 is 5.91 Å². The van der Waals surface area contributed by atoms with Gasteiger partial charge in [0.2, 0.25) is 5.91 Å². The highest BCUT2D eigenvalue weighted by Crippen LogP contribution is 2.40. The van der Waals surface area contributed by atoms with Gasteiger partial charge >= 0.3 is 0 Å². The second kappa shape index (κ2) is 8.30. The lowest BCUT2D eigenvalue weighted by atomic mass is 10.1. The monoisotopic (exact) mass is 414 g/mol. The Morgan fingerprint density at radius 2 is 1.80 bits per heavy atom. The maximum Gasteiger partial charge on any atom is 0.267 e. The Labute approximate surface area is 172 Å². The Bertz CT molecular complexity index is 1000. The first-order valence-corrected chi connectivity index (χ1v) is 9.75. The molecule has 0 N–H and O–H groups in total. The van der Waals surface area contributed by atoms with Crippen LogP contribution < -0.4 is 0 Å². The number of nitrogens with zero attached hydrogens (tertiary/aromatic N) is 4. The topological polar surface area (TPSA) is 51.0 Å². The molecule has 1 atom stereocenters. The number of likely N-dealkylation sites (tertiary alicyclic amines) is 1. The van der Waals surface area contributed by atoms with Gasteiger partial charge in [-0.2, -0.15) is 0 Å². The zero-order valence-electron chi connectivity index (χ0n) is 16.2. The highest BCUT2D eigenvalue weighted by molar-refractivity contribution is 5.77. The lowest BCUT2D eigenvalue weighted by molar-refractivity contribution is -0.133. The molecular formula is C22H21F3N4O. The number of carbonyl (C=O) groups excluding carboxylic acids is 1. The Hall–Kier alpha value is -3.16. The third kappa shape index (κ3) is 4.53. The van der Waals surface area contributed by atoms with Crippen molar-refractivity contribution in [3.8, 4) is 0 Å². The first-order chi connectivity index (χ1) is 14.4. The van der Waals surface area contributed by atoms with Gasteiger partial charge in [-0.25, -0.2) is 13.2 Å². The summed E-state index contributed by atoms with van der Waals surface area (Å²) in [6, 6.07) is 14.5. The fourth-order valence-corrected chi connectivity index (χ4v) is 3.78. The van der Waals surface area contributed by atoms with Crippen LogP contribution in [0.5, 0.6) is 0 Å². The fraction of sp³-hybridized carbons (Fsp3) is 0.318. The molecule has 4 rings (SSSR count). The Morgan fingerprint density at radius 3 is 2.53 bits per heavy atom. The minimum Gasteiger partial charge on any atom is -0.326 e. The van der Waals surface area contributed by atoms with Crippen LogP contribution in [0, 0.1) is 5.82 Å². The van der Waals surface area contributed by atoms with E-state index in [2.05, 4.69) is 10.2 Å². The van der Waals surface area contributed by atoms with E-state index in [9.17, 15) is 18.0 Å². The second-order valence-electron chi connectivity index (χ2n) is 7.53. The molecule has 156 valence electrons. The molecule has 0 saturated carbocycles. The summed E-state index contributed by atoms with van der Waals surface area (Å²) in [5.74, 6) is -3.37. The van der Waals surface area contributed by atoms with Crippen molar-refractivity contribution in [2.75, 3.05) is 6.54 Å². The van der Waals surface area contributed by atoms with E-state index < -0.39 is 24.9 Å². The fourth-order valence-electron chi connectivity index (χ4n) is 3.78. The zero-order valence-corrected chi connectivity index (χ0v) is 16.2. The third-order valence-corrected chi connectivity index (χ3v) is 5.27. The average Bonchev–Trinajstić information content (AvgIpc) is 3.32. The summed E-state index contributed by atoms with van der Waals surface area (Å²) >= 11 is 0. The number of amides is 1. The maximum atomic E-state index is 14.3. The number of benzene rings is 2. The number of aromatic nitrogens is 3. The highest BCUT2D eigenvalue weighted by atomic mass is 19.3. The quantitative estimate of drug-likeness (QED) is 0.613. The predicted molar refractivity (Wildman–Crippen MR) is 104 cm³/mol. The van der Waals surface area contributed by atoms with E-state index >= 15 is 0 Å². The third-order valence-electron chi connectivity index (χ3n) is 5.27. The molecule has 0 bridgehead atoms. The van der Waals surface area contributed by atoms with E-state index in [4.69, 9.17) is 0 Å². The van der Waals surface area contributed by atoms with Crippen LogP contribution in [0.4, 0.5) is 13.2 Å². The van der Waals surface area contributed by atoms with E-state index in [1.54, 1.807) is 16.7 Å². The van der Waals surface area contributed by atoms with Gasteiger partial charge in [0, 0.05) is 12.8 Å². The summed E-state index contributed by atoms with van der Waals surface area (Å²) in [7, 11) is 0. The van der Waals surface area contributed by atoms with Crippen LogP contribution in [0.1, 0.15) is 35.8 Å². The molecule has 2 heterocycles. The zero-order chi connectivity index (χ0) is 21.1. The molecule has 2 aromatic carbocycles. The molecule has 5 nitrogen and oxygen atoms in total. The van der Waals surface area contributed by atoms with Gasteiger partial charge in [-0.15, -0.1) is 10.2 Å². The molecule has 0 radical (unpaired) electrons. The minimum absolute atomic E-state index is 0.142. The molecule has 0 spiro atoms. The Morgan fingerprint density at radius 1 is 1.07 bits per heavy atom. The lowest BCUT2D eigenvalue weighted by Gasteiger charge is -2.24. The van der Waals surface area contributed by atoms with Crippen molar-refractivity contribution in [3.05, 3.63) is 83.7 Å². The van der Waals surface area contributed by atoms with Crippen LogP contribution >= 0.6 is 0 Å². The Kier molecular flexibility index (Phi) is 5.57. The number of aryl methyl sites for hydroxylation is 1. The molecular weight excluding hydrogens is 393 g/mol. The number of rotatable bonds is 6. The first kappa shape index (κ1) is 20.1. The second-order valence-corrected chi connectivity index (χ2v) is 7.53. The van der Waals surface area contributed by atoms with Crippen LogP contribution in [0.15, 0.2) is 60.9 Å². The molecule has 3 aromatic rings. The number of halogens is 3. The van der Waals surface area contributed by atoms with Gasteiger partial charge in [-0.3, -0.25) is 4.79 Å². The van der Waals surface area contributed by atoms with E-state index in [1.165, 1.54) is 23.4 Å². The van der Waals surface area contributed by atoms with Crippen LogP contribution in [0.25, 0.3) is 0 Å². The number of alkyl halides is 2. The summed E-state index contributed by atoms with van der Waals surface area (Å²) < 4.78 is 43.3. The SMILES string of the molecule is O=C(CCc1ccccc1)N1CC(F)(F)C[C@H]1c1nncn1Cc1ccc(F)cc1. The van der Waals surface area contributed by atoms with Crippen LogP contribution in [0.3, 0.4) is 0 Å². The summed E-state index contributed by atoms with van der Waals surface area (Å²) in [4.78, 5) is 14.0. The molecule has 1 amide bonds. The van der Waals surface area contributed by atoms with Crippen molar-refractivity contribution in [1.29, 1.82) is 0 Å². The van der Waals surface area contributed by atoms with Crippen LogP contribution in [-0.2, 0) is 17.8 Å². The van der Waals surface area contributed by atoms with E-state index in [1.807, 2.05) is 30.3 Å². The van der Waals surface area contributed by atoms with Crippen LogP contribution in [-0.4, -0.2) is 38.0 Å². The smallest absolute Gasteiger partial charge is 0.267 e. The van der Waals surface area contributed by atoms with Gasteiger partial charge < -0.3 is 9.47 Å². The molecule has 1 fully saturated rings. The standard InChI is InChI=1S/C22H21F3N4O/c23-18-9-6-17(7-10-18)13-28-15-26-27-21(28)19-12-22(24,25)14-29(19)20(30)11-8-16-4-2-1-3-5-16/h1-7,9-10,15,19H,8,11-14H2/t19-/m0/s1. The lowest BCUT2D eigenvalue weighted by Crippen LogP contribution is -2.34. The van der Waals surface area contributed by atoms with Gasteiger partial charge in [0.1, 0.15) is 12.1 Å². The van der Waals surface area contributed by atoms with Crippen molar-refractivity contribution in [3.63, 3.8) is 0 Å². The number of carbonyl (C=O) groups is 1.